The zero-order chi connectivity index (χ0) is 10.6. The Morgan fingerprint density at radius 2 is 2.00 bits per heavy atom. The average molecular weight is 195 g/mol. The van der Waals surface area contributed by atoms with Crippen LogP contribution in [0.1, 0.15) is 18.9 Å². The van der Waals surface area contributed by atoms with Crippen molar-refractivity contribution < 1.29 is 15.4 Å². The maximum Gasteiger partial charge on any atom is 0.157 e. The van der Waals surface area contributed by atoms with E-state index >= 15 is 0 Å². The van der Waals surface area contributed by atoms with Gasteiger partial charge < -0.3 is 15.4 Å². The fourth-order valence-electron chi connectivity index (χ4n) is 1.15. The largest absolute Gasteiger partial charge is 0.504 e. The number of phenolic OH excluding ortho intramolecular Hbond substituents is 2. The zero-order valence-corrected chi connectivity index (χ0v) is 7.94. The van der Waals surface area contributed by atoms with E-state index < -0.39 is 0 Å². The standard InChI is InChI=1S/C10H13NO3/c1-2-8(11-14)5-7-3-4-9(12)10(13)6-7/h3-4,6,12-14H,2,5H2,1H3. The van der Waals surface area contributed by atoms with Crippen LogP contribution in [-0.4, -0.2) is 21.1 Å². The third-order valence-electron chi connectivity index (χ3n) is 2.00. The Morgan fingerprint density at radius 3 is 2.50 bits per heavy atom. The highest BCUT2D eigenvalue weighted by Gasteiger charge is 2.03. The van der Waals surface area contributed by atoms with Gasteiger partial charge in [-0.05, 0) is 24.1 Å². The van der Waals surface area contributed by atoms with Gasteiger partial charge in [-0.3, -0.25) is 0 Å². The second kappa shape index (κ2) is 4.50. The van der Waals surface area contributed by atoms with Crippen LogP contribution in [0, 0.1) is 0 Å². The molecule has 14 heavy (non-hydrogen) atoms. The smallest absolute Gasteiger partial charge is 0.157 e. The summed E-state index contributed by atoms with van der Waals surface area (Å²) in [6, 6.07) is 4.54. The molecule has 0 saturated heterocycles. The third kappa shape index (κ3) is 2.39. The lowest BCUT2D eigenvalue weighted by atomic mass is 10.1. The molecular formula is C10H13NO3. The van der Waals surface area contributed by atoms with Crippen LogP contribution in [-0.2, 0) is 6.42 Å². The number of nitrogens with zero attached hydrogens (tertiary/aromatic N) is 1. The van der Waals surface area contributed by atoms with Gasteiger partial charge in [0.15, 0.2) is 11.5 Å². The summed E-state index contributed by atoms with van der Waals surface area (Å²) in [5.41, 5.74) is 1.44. The van der Waals surface area contributed by atoms with Crippen LogP contribution in [0.2, 0.25) is 0 Å². The lowest BCUT2D eigenvalue weighted by Gasteiger charge is -2.03. The van der Waals surface area contributed by atoms with Crippen molar-refractivity contribution in [2.75, 3.05) is 0 Å². The molecule has 0 saturated carbocycles. The Kier molecular flexibility index (Phi) is 3.34. The number of phenols is 2. The van der Waals surface area contributed by atoms with Gasteiger partial charge >= 0.3 is 0 Å². The summed E-state index contributed by atoms with van der Waals surface area (Å²) < 4.78 is 0. The molecule has 1 aromatic carbocycles. The molecule has 0 heterocycles. The van der Waals surface area contributed by atoms with Crippen LogP contribution in [0.25, 0.3) is 0 Å². The summed E-state index contributed by atoms with van der Waals surface area (Å²) in [6.07, 6.45) is 1.12. The highest BCUT2D eigenvalue weighted by atomic mass is 16.4. The van der Waals surface area contributed by atoms with E-state index in [-0.39, 0.29) is 11.5 Å². The van der Waals surface area contributed by atoms with E-state index in [2.05, 4.69) is 5.16 Å². The summed E-state index contributed by atoms with van der Waals surface area (Å²) in [4.78, 5) is 0. The van der Waals surface area contributed by atoms with Gasteiger partial charge in [-0.25, -0.2) is 0 Å². The Labute approximate surface area is 82.1 Å². The minimum absolute atomic E-state index is 0.146. The monoisotopic (exact) mass is 195 g/mol. The summed E-state index contributed by atoms with van der Waals surface area (Å²) >= 11 is 0. The van der Waals surface area contributed by atoms with E-state index in [0.717, 1.165) is 5.56 Å². The molecule has 3 N–H and O–H groups in total. The normalized spacial score (nSPS) is 11.6. The van der Waals surface area contributed by atoms with Crippen molar-refractivity contribution in [3.05, 3.63) is 23.8 Å². The predicted molar refractivity (Wildman–Crippen MR) is 53.0 cm³/mol. The van der Waals surface area contributed by atoms with Gasteiger partial charge in [0.25, 0.3) is 0 Å². The molecule has 0 fully saturated rings. The van der Waals surface area contributed by atoms with Crippen molar-refractivity contribution >= 4 is 5.71 Å². The number of rotatable bonds is 3. The summed E-state index contributed by atoms with van der Waals surface area (Å²) in [6.45, 7) is 1.88. The molecule has 76 valence electrons. The van der Waals surface area contributed by atoms with E-state index in [4.69, 9.17) is 10.3 Å². The van der Waals surface area contributed by atoms with E-state index in [1.54, 1.807) is 6.07 Å². The first-order valence-electron chi connectivity index (χ1n) is 4.38. The Hall–Kier alpha value is -1.71. The van der Waals surface area contributed by atoms with Crippen molar-refractivity contribution in [3.8, 4) is 11.5 Å². The highest BCUT2D eigenvalue weighted by molar-refractivity contribution is 5.85. The van der Waals surface area contributed by atoms with Crippen molar-refractivity contribution in [2.45, 2.75) is 19.8 Å². The molecule has 4 heteroatoms. The molecule has 0 aliphatic carbocycles. The van der Waals surface area contributed by atoms with Gasteiger partial charge in [-0.15, -0.1) is 0 Å². The average Bonchev–Trinajstić information content (AvgIpc) is 2.19. The summed E-state index contributed by atoms with van der Waals surface area (Å²) in [5.74, 6) is -0.302. The molecular weight excluding hydrogens is 182 g/mol. The quantitative estimate of drug-likeness (QED) is 0.298. The number of oxime groups is 1. The topological polar surface area (TPSA) is 73.0 Å². The van der Waals surface area contributed by atoms with E-state index in [1.807, 2.05) is 6.92 Å². The molecule has 4 nitrogen and oxygen atoms in total. The second-order valence-corrected chi connectivity index (χ2v) is 3.02. The van der Waals surface area contributed by atoms with Crippen LogP contribution < -0.4 is 0 Å². The van der Waals surface area contributed by atoms with Gasteiger partial charge in [0, 0.05) is 6.42 Å². The molecule has 0 aliphatic heterocycles. The van der Waals surface area contributed by atoms with E-state index in [9.17, 15) is 5.11 Å². The van der Waals surface area contributed by atoms with Crippen molar-refractivity contribution in [1.82, 2.24) is 0 Å². The van der Waals surface area contributed by atoms with Crippen LogP contribution in [0.3, 0.4) is 0 Å². The predicted octanol–water partition coefficient (Wildman–Crippen LogP) is 1.88. The lowest BCUT2D eigenvalue weighted by Crippen LogP contribution is -2.01. The minimum Gasteiger partial charge on any atom is -0.504 e. The molecule has 0 aliphatic rings. The first kappa shape index (κ1) is 10.4. The van der Waals surface area contributed by atoms with Crippen molar-refractivity contribution in [2.24, 2.45) is 5.16 Å². The second-order valence-electron chi connectivity index (χ2n) is 3.02. The Morgan fingerprint density at radius 1 is 1.29 bits per heavy atom. The first-order chi connectivity index (χ1) is 6.67. The summed E-state index contributed by atoms with van der Waals surface area (Å²) in [5, 5.41) is 30.0. The molecule has 0 aromatic heterocycles. The SMILES string of the molecule is CCC(Cc1ccc(O)c(O)c1)=NO. The fraction of sp³-hybridized carbons (Fsp3) is 0.300. The van der Waals surface area contributed by atoms with E-state index in [1.165, 1.54) is 12.1 Å². The first-order valence-corrected chi connectivity index (χ1v) is 4.38. The lowest BCUT2D eigenvalue weighted by molar-refractivity contribution is 0.317. The van der Waals surface area contributed by atoms with Gasteiger partial charge in [0.2, 0.25) is 0 Å². The molecule has 0 atom stereocenters. The maximum atomic E-state index is 9.21. The molecule has 0 bridgehead atoms. The zero-order valence-electron chi connectivity index (χ0n) is 7.94. The Balaban J connectivity index is 2.82. The van der Waals surface area contributed by atoms with Crippen LogP contribution in [0.5, 0.6) is 11.5 Å². The van der Waals surface area contributed by atoms with Crippen molar-refractivity contribution in [1.29, 1.82) is 0 Å². The number of benzene rings is 1. The Bertz CT molecular complexity index is 347. The van der Waals surface area contributed by atoms with Gasteiger partial charge in [0.05, 0.1) is 5.71 Å². The molecule has 0 unspecified atom stereocenters. The molecule has 1 rings (SSSR count). The van der Waals surface area contributed by atoms with Crippen LogP contribution in [0.4, 0.5) is 0 Å². The molecule has 0 radical (unpaired) electrons. The van der Waals surface area contributed by atoms with E-state index in [0.29, 0.717) is 18.6 Å². The molecule has 0 spiro atoms. The van der Waals surface area contributed by atoms with Gasteiger partial charge in [0.1, 0.15) is 0 Å². The maximum absolute atomic E-state index is 9.21. The van der Waals surface area contributed by atoms with Crippen LogP contribution >= 0.6 is 0 Å². The molecule has 1 aromatic rings. The van der Waals surface area contributed by atoms with Crippen LogP contribution in [0.15, 0.2) is 23.4 Å². The van der Waals surface area contributed by atoms with Crippen molar-refractivity contribution in [3.63, 3.8) is 0 Å². The minimum atomic E-state index is -0.157. The van der Waals surface area contributed by atoms with Gasteiger partial charge in [-0.2, -0.15) is 0 Å². The number of hydrogen-bond donors (Lipinski definition) is 3. The third-order valence-corrected chi connectivity index (χ3v) is 2.00. The number of hydrogen-bond acceptors (Lipinski definition) is 4. The summed E-state index contributed by atoms with van der Waals surface area (Å²) in [7, 11) is 0. The van der Waals surface area contributed by atoms with Gasteiger partial charge in [-0.1, -0.05) is 18.1 Å². The number of aromatic hydroxyl groups is 2. The molecule has 0 amide bonds. The fourth-order valence-corrected chi connectivity index (χ4v) is 1.15. The highest BCUT2D eigenvalue weighted by Crippen LogP contribution is 2.25.